The van der Waals surface area contributed by atoms with Crippen LogP contribution in [0, 0.1) is 24.3 Å². The van der Waals surface area contributed by atoms with E-state index >= 15 is 4.57 Å². The van der Waals surface area contributed by atoms with E-state index in [1.54, 1.807) is 52.3 Å². The third-order valence-corrected chi connectivity index (χ3v) is 22.8. The van der Waals surface area contributed by atoms with Gasteiger partial charge in [-0.3, -0.25) is 62.0 Å². The molecule has 4 N–H and O–H groups in total. The summed E-state index contributed by atoms with van der Waals surface area (Å²) in [6, 6.07) is 31.1. The van der Waals surface area contributed by atoms with Crippen LogP contribution in [0.25, 0.3) is 16.0 Å². The number of nitrogens with one attached hydrogen (secondary N) is 4. The van der Waals surface area contributed by atoms with Crippen LogP contribution in [0.15, 0.2) is 130 Å². The standard InChI is InChI=1S/C69H80N9O18PSi/c1-43(2)63(82)74-66-73-62-61(65(84)75-66)72-42-78(62)59-37-53(94-60(81)32-19-44(3)79)56(93-59)41-91-97(86,90-35-34-70-7)95-54-38-58(77-39-46(64(83)76-67(77)85)16-15-33-71-57(80)36-45-20-26-52(27-21-45)96-98(10,11)68(4,5)6)92-55(54)40-89-69(47-17-13-12-14-18-47,48-22-28-50(87-8)29-23-48)49-24-30-51(88-9)31-25-49/h12-14,17-18,20-31,39,42-43,53-56,58-59H,19,32-38,40-41H2,1-6,8-11H3,(H,71,80)(H,76,83,85)(H2,73,74,75,82,84)/t53-,54-,55-,56-,58-,59-,97?/m1/s1. The van der Waals surface area contributed by atoms with Gasteiger partial charge < -0.3 is 47.8 Å². The minimum atomic E-state index is -4.99. The number of anilines is 1. The molecular formula is C69H80N9O18PSi. The van der Waals surface area contributed by atoms with E-state index in [9.17, 15) is 33.6 Å². The second-order valence-electron chi connectivity index (χ2n) is 25.2. The Morgan fingerprint density at radius 1 is 0.796 bits per heavy atom. The number of H-pyrrole nitrogens is 2. The van der Waals surface area contributed by atoms with Gasteiger partial charge in [-0.25, -0.2) is 20.9 Å². The molecule has 4 aromatic carbocycles. The number of phosphoric acid groups is 1. The van der Waals surface area contributed by atoms with Crippen LogP contribution >= 0.6 is 7.82 Å². The summed E-state index contributed by atoms with van der Waals surface area (Å²) in [7, 11) is -4.00. The van der Waals surface area contributed by atoms with Crippen molar-refractivity contribution in [3.05, 3.63) is 186 Å². The van der Waals surface area contributed by atoms with E-state index in [-0.39, 0.29) is 91.2 Å². The van der Waals surface area contributed by atoms with Crippen LogP contribution < -0.4 is 41.3 Å². The molecule has 29 heteroatoms. The number of rotatable bonds is 29. The van der Waals surface area contributed by atoms with E-state index in [1.807, 2.05) is 78.9 Å². The number of benzene rings is 4. The molecule has 5 heterocycles. The SMILES string of the molecule is [C-]#[N+]CCOP(=O)(OC[C@H]1O[C@@H](n2cnc3c(=O)[nH]c(NC(=O)C(C)C)nc32)C[C@H]1OC(=O)CCC(C)=O)O[C@@H]1C[C@H](n2cc(C#CCNC(=O)Cc3ccc(O[Si](C)(C)C(C)(C)C)cc3)c(=O)[nH]c2=O)O[C@@H]1COC(c1ccccc1)(c1ccc(OC)cc1)c1ccc(OC)cc1. The van der Waals surface area contributed by atoms with Crippen LogP contribution in [-0.4, -0.2) is 133 Å². The van der Waals surface area contributed by atoms with Crippen LogP contribution in [0.3, 0.4) is 0 Å². The van der Waals surface area contributed by atoms with Gasteiger partial charge in [0.15, 0.2) is 11.2 Å². The normalized spacial score (nSPS) is 18.4. The Balaban J connectivity index is 1.03. The van der Waals surface area contributed by atoms with Crippen molar-refractivity contribution in [3.63, 3.8) is 0 Å². The van der Waals surface area contributed by atoms with Gasteiger partial charge in [0.2, 0.25) is 32.6 Å². The maximum atomic E-state index is 15.6. The number of hydrogen-bond donors (Lipinski definition) is 4. The molecule has 1 unspecified atom stereocenters. The molecule has 0 bridgehead atoms. The molecule has 0 radical (unpaired) electrons. The number of Topliss-reactive ketones (excluding diaryl/α,β-unsaturated/α-hetero) is 1. The highest BCUT2D eigenvalue weighted by Crippen LogP contribution is 2.54. The molecule has 2 amide bonds. The summed E-state index contributed by atoms with van der Waals surface area (Å²) in [6.07, 6.45) is -5.88. The lowest BCUT2D eigenvalue weighted by molar-refractivity contribution is -0.153. The fourth-order valence-electron chi connectivity index (χ4n) is 10.6. The van der Waals surface area contributed by atoms with Gasteiger partial charge in [0.05, 0.1) is 53.1 Å². The Labute approximate surface area is 566 Å². The quantitative estimate of drug-likeness (QED) is 0.00647. The smallest absolute Gasteiger partial charge is 0.475 e. The van der Waals surface area contributed by atoms with Crippen molar-refractivity contribution < 1.29 is 70.2 Å². The van der Waals surface area contributed by atoms with Crippen molar-refractivity contribution in [2.75, 3.05) is 52.4 Å². The maximum Gasteiger partial charge on any atom is 0.475 e. The molecule has 7 atom stereocenters. The minimum absolute atomic E-state index is 0.00517. The number of ether oxygens (including phenoxy) is 6. The molecule has 0 saturated carbocycles. The largest absolute Gasteiger partial charge is 0.544 e. The Hall–Kier alpha value is -9.35. The molecule has 2 fully saturated rings. The van der Waals surface area contributed by atoms with Crippen molar-refractivity contribution in [1.82, 2.24) is 34.4 Å². The number of aromatic nitrogens is 6. The molecule has 98 heavy (non-hydrogen) atoms. The number of ketones is 1. The first-order chi connectivity index (χ1) is 46.7. The third-order valence-electron chi connectivity index (χ3n) is 16.9. The lowest BCUT2D eigenvalue weighted by atomic mass is 9.80. The average Bonchev–Trinajstić information content (AvgIpc) is 0.947. The van der Waals surface area contributed by atoms with Gasteiger partial charge in [-0.15, -0.1) is 0 Å². The predicted molar refractivity (Wildman–Crippen MR) is 362 cm³/mol. The van der Waals surface area contributed by atoms with E-state index < -0.39 is 106 Å². The number of esters is 1. The zero-order valence-electron chi connectivity index (χ0n) is 56.1. The first-order valence-corrected chi connectivity index (χ1v) is 36.1. The molecule has 2 aliphatic rings. The van der Waals surface area contributed by atoms with Crippen LogP contribution in [0.2, 0.25) is 18.1 Å². The molecule has 518 valence electrons. The first-order valence-electron chi connectivity index (χ1n) is 31.8. The molecule has 27 nitrogen and oxygen atoms in total. The van der Waals surface area contributed by atoms with Crippen molar-refractivity contribution in [3.8, 4) is 29.1 Å². The van der Waals surface area contributed by atoms with Crippen molar-refractivity contribution in [2.45, 2.75) is 134 Å². The second kappa shape index (κ2) is 31.9. The van der Waals surface area contributed by atoms with E-state index in [4.69, 9.17) is 53.0 Å². The Morgan fingerprint density at radius 2 is 1.41 bits per heavy atom. The van der Waals surface area contributed by atoms with E-state index in [0.29, 0.717) is 28.2 Å². The highest BCUT2D eigenvalue weighted by molar-refractivity contribution is 7.48. The number of hydrogen-bond acceptors (Lipinski definition) is 20. The number of phosphoric ester groups is 1. The van der Waals surface area contributed by atoms with Crippen molar-refractivity contribution >= 4 is 56.8 Å². The van der Waals surface area contributed by atoms with Gasteiger partial charge in [-0.2, -0.15) is 4.98 Å². The molecule has 9 rings (SSSR count). The number of fused-ring (bicyclic) bond motifs is 1. The Morgan fingerprint density at radius 3 is 2.02 bits per heavy atom. The van der Waals surface area contributed by atoms with E-state index in [2.05, 4.69) is 81.1 Å². The first kappa shape index (κ1) is 72.9. The van der Waals surface area contributed by atoms with Crippen LogP contribution in [-0.2, 0) is 68.3 Å². The zero-order valence-corrected chi connectivity index (χ0v) is 58.0. The number of methoxy groups -OCH3 is 2. The topological polar surface area (TPSA) is 324 Å². The van der Waals surface area contributed by atoms with E-state index in [0.717, 1.165) is 15.9 Å². The number of carbonyl (C=O) groups is 4. The number of amides is 2. The van der Waals surface area contributed by atoms with E-state index in [1.165, 1.54) is 24.0 Å². The van der Waals surface area contributed by atoms with Crippen molar-refractivity contribution in [1.29, 1.82) is 0 Å². The molecule has 0 aliphatic carbocycles. The van der Waals surface area contributed by atoms with Gasteiger partial charge in [-0.1, -0.05) is 113 Å². The number of carbonyl (C=O) groups excluding carboxylic acids is 4. The molecule has 2 saturated heterocycles. The van der Waals surface area contributed by atoms with Crippen LogP contribution in [0.4, 0.5) is 5.95 Å². The fourth-order valence-corrected chi connectivity index (χ4v) is 13.0. The maximum absolute atomic E-state index is 15.6. The van der Waals surface area contributed by atoms with Gasteiger partial charge in [0, 0.05) is 31.4 Å². The molecule has 2 aliphatic heterocycles. The Kier molecular flexibility index (Phi) is 23.7. The lowest BCUT2D eigenvalue weighted by Crippen LogP contribution is -2.43. The molecule has 0 spiro atoms. The zero-order chi connectivity index (χ0) is 70.5. The van der Waals surface area contributed by atoms with Crippen molar-refractivity contribution in [2.24, 2.45) is 5.92 Å². The van der Waals surface area contributed by atoms with Gasteiger partial charge in [0.25, 0.3) is 11.1 Å². The summed E-state index contributed by atoms with van der Waals surface area (Å²) < 4.78 is 80.6. The molecule has 7 aromatic rings. The Bertz CT molecular complexity index is 4280. The highest BCUT2D eigenvalue weighted by atomic mass is 31.2. The number of imidazole rings is 1. The highest BCUT2D eigenvalue weighted by Gasteiger charge is 2.48. The minimum Gasteiger partial charge on any atom is -0.544 e. The van der Waals surface area contributed by atoms with Crippen LogP contribution in [0.1, 0.15) is 107 Å². The second-order valence-corrected chi connectivity index (χ2v) is 31.6. The predicted octanol–water partition coefficient (Wildman–Crippen LogP) is 8.69. The van der Waals surface area contributed by atoms with Gasteiger partial charge in [0.1, 0.15) is 77.7 Å². The lowest BCUT2D eigenvalue weighted by Gasteiger charge is -2.37. The number of nitrogens with zero attached hydrogens (tertiary/aromatic N) is 5. The number of aromatic amines is 2. The van der Waals surface area contributed by atoms with Gasteiger partial charge >= 0.3 is 19.5 Å². The molecule has 3 aromatic heterocycles. The summed E-state index contributed by atoms with van der Waals surface area (Å²) in [5, 5.41) is 5.32. The fraction of sp³-hybridized carbons (Fsp3) is 0.420. The van der Waals surface area contributed by atoms with Gasteiger partial charge in [-0.05, 0) is 83.7 Å². The average molecular weight is 1380 g/mol. The summed E-state index contributed by atoms with van der Waals surface area (Å²) in [4.78, 5) is 109. The summed E-state index contributed by atoms with van der Waals surface area (Å²) in [6.45, 7) is 20.9. The summed E-state index contributed by atoms with van der Waals surface area (Å²) in [5.74, 6) is 4.94. The third kappa shape index (κ3) is 17.9. The summed E-state index contributed by atoms with van der Waals surface area (Å²) >= 11 is 0. The molecular weight excluding hydrogens is 1300 g/mol. The summed E-state index contributed by atoms with van der Waals surface area (Å²) in [5.41, 5.74) is -1.53. The van der Waals surface area contributed by atoms with Crippen LogP contribution in [0.5, 0.6) is 17.2 Å². The monoisotopic (exact) mass is 1380 g/mol.